The lowest BCUT2D eigenvalue weighted by Gasteiger charge is -2.13. The summed E-state index contributed by atoms with van der Waals surface area (Å²) < 4.78 is 48.6. The Bertz CT molecular complexity index is 1510. The molecule has 2 aromatic carbocycles. The lowest BCUT2D eigenvalue weighted by atomic mass is 9.98. The summed E-state index contributed by atoms with van der Waals surface area (Å²) >= 11 is 0. The predicted molar refractivity (Wildman–Crippen MR) is 130 cm³/mol. The van der Waals surface area contributed by atoms with Gasteiger partial charge in [-0.3, -0.25) is 4.98 Å². The minimum Gasteiger partial charge on any atom is -0.486 e. The Morgan fingerprint density at radius 1 is 0.892 bits per heavy atom. The van der Waals surface area contributed by atoms with Gasteiger partial charge in [-0.25, -0.2) is 10.1 Å². The van der Waals surface area contributed by atoms with Gasteiger partial charge in [0.1, 0.15) is 17.9 Å². The third-order valence-electron chi connectivity index (χ3n) is 5.58. The van der Waals surface area contributed by atoms with E-state index in [1.165, 1.54) is 6.07 Å². The van der Waals surface area contributed by atoms with E-state index >= 15 is 0 Å². The SMILES string of the molecule is CCc1cc(OCc2ccc(-c3ccccc3-c3nnn[nH]3)cc2)c2nc(OCC(F)(F)F)ccc2n1. The number of benzene rings is 2. The van der Waals surface area contributed by atoms with Crippen molar-refractivity contribution in [3.63, 3.8) is 0 Å². The van der Waals surface area contributed by atoms with E-state index in [1.54, 1.807) is 12.1 Å². The van der Waals surface area contributed by atoms with Crippen LogP contribution in [0.1, 0.15) is 18.2 Å². The van der Waals surface area contributed by atoms with Crippen molar-refractivity contribution < 1.29 is 22.6 Å². The second-order valence-electron chi connectivity index (χ2n) is 8.17. The number of nitrogens with one attached hydrogen (secondary N) is 1. The summed E-state index contributed by atoms with van der Waals surface area (Å²) in [6, 6.07) is 20.3. The molecule has 0 aliphatic heterocycles. The molecule has 3 aromatic heterocycles. The number of tetrazole rings is 1. The van der Waals surface area contributed by atoms with Crippen LogP contribution in [0, 0.1) is 0 Å². The number of aromatic amines is 1. The van der Waals surface area contributed by atoms with E-state index < -0.39 is 12.8 Å². The highest BCUT2D eigenvalue weighted by Crippen LogP contribution is 2.31. The average Bonchev–Trinajstić information content (AvgIpc) is 3.45. The highest BCUT2D eigenvalue weighted by atomic mass is 19.4. The number of alkyl halides is 3. The van der Waals surface area contributed by atoms with Crippen LogP contribution in [0.3, 0.4) is 0 Å². The first-order valence-corrected chi connectivity index (χ1v) is 11.4. The fourth-order valence-corrected chi connectivity index (χ4v) is 3.80. The molecule has 3 heterocycles. The van der Waals surface area contributed by atoms with Gasteiger partial charge in [0.25, 0.3) is 0 Å². The predicted octanol–water partition coefficient (Wildman–Crippen LogP) is 5.56. The maximum Gasteiger partial charge on any atom is 0.422 e. The summed E-state index contributed by atoms with van der Waals surface area (Å²) in [5, 5.41) is 14.1. The normalized spacial score (nSPS) is 11.6. The molecule has 8 nitrogen and oxygen atoms in total. The Morgan fingerprint density at radius 2 is 1.68 bits per heavy atom. The Kier molecular flexibility index (Phi) is 6.67. The van der Waals surface area contributed by atoms with Gasteiger partial charge in [0.15, 0.2) is 12.4 Å². The van der Waals surface area contributed by atoms with Crippen molar-refractivity contribution in [2.75, 3.05) is 6.61 Å². The maximum atomic E-state index is 12.6. The first kappa shape index (κ1) is 24.2. The van der Waals surface area contributed by atoms with Crippen LogP contribution in [0.2, 0.25) is 0 Å². The molecule has 0 amide bonds. The molecule has 5 aromatic rings. The molecule has 0 aliphatic rings. The largest absolute Gasteiger partial charge is 0.486 e. The van der Waals surface area contributed by atoms with Crippen molar-refractivity contribution >= 4 is 11.0 Å². The molecule has 0 fully saturated rings. The molecule has 0 aliphatic carbocycles. The zero-order chi connectivity index (χ0) is 25.8. The molecule has 0 radical (unpaired) electrons. The smallest absolute Gasteiger partial charge is 0.422 e. The topological polar surface area (TPSA) is 98.7 Å². The van der Waals surface area contributed by atoms with Gasteiger partial charge >= 0.3 is 6.18 Å². The number of nitrogens with zero attached hydrogens (tertiary/aromatic N) is 5. The number of aryl methyl sites for hydroxylation is 1. The van der Waals surface area contributed by atoms with Crippen LogP contribution in [-0.2, 0) is 13.0 Å². The first-order chi connectivity index (χ1) is 17.9. The van der Waals surface area contributed by atoms with E-state index in [1.807, 2.05) is 55.5 Å². The number of rotatable bonds is 8. The molecule has 1 N–H and O–H groups in total. The molecular formula is C26H21F3N6O2. The van der Waals surface area contributed by atoms with Gasteiger partial charge in [0.05, 0.1) is 5.52 Å². The minimum atomic E-state index is -4.46. The number of ether oxygens (including phenoxy) is 2. The number of aromatic nitrogens is 6. The summed E-state index contributed by atoms with van der Waals surface area (Å²) in [6.45, 7) is 0.758. The maximum absolute atomic E-state index is 12.6. The molecule has 0 saturated heterocycles. The van der Waals surface area contributed by atoms with Crippen LogP contribution in [0.15, 0.2) is 66.7 Å². The number of H-pyrrole nitrogens is 1. The molecule has 0 saturated carbocycles. The zero-order valence-corrected chi connectivity index (χ0v) is 19.7. The molecule has 0 bridgehead atoms. The molecular weight excluding hydrogens is 485 g/mol. The Morgan fingerprint density at radius 3 is 2.38 bits per heavy atom. The van der Waals surface area contributed by atoms with Gasteiger partial charge in [-0.1, -0.05) is 55.5 Å². The summed E-state index contributed by atoms with van der Waals surface area (Å²) in [6.07, 6.45) is -3.80. The standard InChI is InChI=1S/C26H21F3N6O2/c1-2-18-13-22(24-21(30-18)11-12-23(31-24)37-15-26(27,28)29)36-14-16-7-9-17(10-8-16)19-5-3-4-6-20(19)25-32-34-35-33-25/h3-13H,2,14-15H2,1H3,(H,32,33,34,35). The average molecular weight is 506 g/mol. The van der Waals surface area contributed by atoms with Gasteiger partial charge in [-0.05, 0) is 39.6 Å². The van der Waals surface area contributed by atoms with Gasteiger partial charge in [0, 0.05) is 23.4 Å². The van der Waals surface area contributed by atoms with E-state index in [0.717, 1.165) is 27.9 Å². The highest BCUT2D eigenvalue weighted by molar-refractivity contribution is 5.82. The van der Waals surface area contributed by atoms with Crippen molar-refractivity contribution in [1.29, 1.82) is 0 Å². The van der Waals surface area contributed by atoms with Crippen LogP contribution in [0.4, 0.5) is 13.2 Å². The van der Waals surface area contributed by atoms with Gasteiger partial charge in [0.2, 0.25) is 5.88 Å². The van der Waals surface area contributed by atoms with Crippen molar-refractivity contribution in [3.8, 4) is 34.1 Å². The molecule has 37 heavy (non-hydrogen) atoms. The summed E-state index contributed by atoms with van der Waals surface area (Å²) in [5.74, 6) is 0.850. The quantitative estimate of drug-likeness (QED) is 0.294. The summed E-state index contributed by atoms with van der Waals surface area (Å²) in [5.41, 5.74) is 5.35. The zero-order valence-electron chi connectivity index (χ0n) is 19.7. The second kappa shape index (κ2) is 10.2. The summed E-state index contributed by atoms with van der Waals surface area (Å²) in [7, 11) is 0. The molecule has 11 heteroatoms. The Hall–Kier alpha value is -4.54. The van der Waals surface area contributed by atoms with Gasteiger partial charge in [-0.2, -0.15) is 13.2 Å². The molecule has 0 spiro atoms. The van der Waals surface area contributed by atoms with E-state index in [9.17, 15) is 13.2 Å². The number of hydrogen-bond acceptors (Lipinski definition) is 7. The molecule has 0 unspecified atom stereocenters. The first-order valence-electron chi connectivity index (χ1n) is 11.4. The fraction of sp³-hybridized carbons (Fsp3) is 0.192. The monoisotopic (exact) mass is 506 g/mol. The fourth-order valence-electron chi connectivity index (χ4n) is 3.80. The van der Waals surface area contributed by atoms with Gasteiger partial charge < -0.3 is 9.47 Å². The number of pyridine rings is 2. The van der Waals surface area contributed by atoms with Crippen molar-refractivity contribution in [1.82, 2.24) is 30.6 Å². The molecule has 188 valence electrons. The third-order valence-corrected chi connectivity index (χ3v) is 5.58. The number of fused-ring (bicyclic) bond motifs is 1. The van der Waals surface area contributed by atoms with Crippen LogP contribution in [-0.4, -0.2) is 43.4 Å². The number of halogens is 3. The third kappa shape index (κ3) is 5.66. The lowest BCUT2D eigenvalue weighted by Crippen LogP contribution is -2.19. The van der Waals surface area contributed by atoms with Crippen molar-refractivity contribution in [2.24, 2.45) is 0 Å². The van der Waals surface area contributed by atoms with E-state index in [4.69, 9.17) is 9.47 Å². The minimum absolute atomic E-state index is 0.148. The van der Waals surface area contributed by atoms with E-state index in [2.05, 4.69) is 30.6 Å². The van der Waals surface area contributed by atoms with E-state index in [-0.39, 0.29) is 12.5 Å². The summed E-state index contributed by atoms with van der Waals surface area (Å²) in [4.78, 5) is 8.72. The van der Waals surface area contributed by atoms with Crippen LogP contribution >= 0.6 is 0 Å². The second-order valence-corrected chi connectivity index (χ2v) is 8.17. The van der Waals surface area contributed by atoms with E-state index in [0.29, 0.717) is 29.0 Å². The van der Waals surface area contributed by atoms with Gasteiger partial charge in [-0.15, -0.1) is 5.10 Å². The Labute approximate surface area is 209 Å². The van der Waals surface area contributed by atoms with Crippen molar-refractivity contribution in [2.45, 2.75) is 26.1 Å². The number of hydrogen-bond donors (Lipinski definition) is 1. The molecule has 5 rings (SSSR count). The van der Waals surface area contributed by atoms with Crippen LogP contribution in [0.25, 0.3) is 33.5 Å². The lowest BCUT2D eigenvalue weighted by molar-refractivity contribution is -0.154. The van der Waals surface area contributed by atoms with Crippen LogP contribution in [0.5, 0.6) is 11.6 Å². The van der Waals surface area contributed by atoms with Crippen LogP contribution < -0.4 is 9.47 Å². The highest BCUT2D eigenvalue weighted by Gasteiger charge is 2.28. The Balaban J connectivity index is 1.37. The molecule has 0 atom stereocenters. The van der Waals surface area contributed by atoms with Crippen molar-refractivity contribution in [3.05, 3.63) is 78.0 Å².